The summed E-state index contributed by atoms with van der Waals surface area (Å²) in [7, 11) is 1.32. The molecule has 30 heavy (non-hydrogen) atoms. The highest BCUT2D eigenvalue weighted by Crippen LogP contribution is 2.31. The van der Waals surface area contributed by atoms with Crippen molar-refractivity contribution in [1.29, 1.82) is 0 Å². The van der Waals surface area contributed by atoms with Gasteiger partial charge >= 0.3 is 6.18 Å². The lowest BCUT2D eigenvalue weighted by Gasteiger charge is -2.22. The lowest BCUT2D eigenvalue weighted by molar-refractivity contribution is -0.137. The molecular formula is C21H19ClF3N3O2. The third kappa shape index (κ3) is 6.20. The first-order valence-electron chi connectivity index (χ1n) is 8.57. The molecule has 0 aromatic heterocycles. The van der Waals surface area contributed by atoms with Gasteiger partial charge in [0, 0.05) is 24.0 Å². The Kier molecular flexibility index (Phi) is 7.79. The van der Waals surface area contributed by atoms with Crippen molar-refractivity contribution in [2.45, 2.75) is 6.18 Å². The van der Waals surface area contributed by atoms with E-state index in [0.717, 1.165) is 29.2 Å². The molecule has 2 rings (SSSR count). The lowest BCUT2D eigenvalue weighted by Crippen LogP contribution is -2.32. The minimum Gasteiger partial charge on any atom is -0.398 e. The predicted molar refractivity (Wildman–Crippen MR) is 112 cm³/mol. The van der Waals surface area contributed by atoms with Crippen molar-refractivity contribution in [2.75, 3.05) is 18.6 Å². The van der Waals surface area contributed by atoms with Crippen LogP contribution in [0.4, 0.5) is 18.9 Å². The van der Waals surface area contributed by atoms with Crippen LogP contribution in [-0.2, 0) is 15.7 Å². The van der Waals surface area contributed by atoms with Gasteiger partial charge in [-0.15, -0.1) is 0 Å². The zero-order valence-corrected chi connectivity index (χ0v) is 16.7. The van der Waals surface area contributed by atoms with Crippen LogP contribution in [0.5, 0.6) is 0 Å². The van der Waals surface area contributed by atoms with E-state index in [4.69, 9.17) is 22.1 Å². The third-order valence-electron chi connectivity index (χ3n) is 3.86. The minimum atomic E-state index is -4.49. The van der Waals surface area contributed by atoms with E-state index in [9.17, 15) is 18.0 Å². The smallest absolute Gasteiger partial charge is 0.398 e. The van der Waals surface area contributed by atoms with Crippen LogP contribution in [0.25, 0.3) is 5.70 Å². The normalized spacial score (nSPS) is 12.2. The fourth-order valence-electron chi connectivity index (χ4n) is 2.45. The minimum absolute atomic E-state index is 0.0213. The number of amides is 1. The largest absolute Gasteiger partial charge is 0.416 e. The van der Waals surface area contributed by atoms with E-state index in [0.29, 0.717) is 16.3 Å². The third-order valence-corrected chi connectivity index (χ3v) is 4.10. The maximum absolute atomic E-state index is 12.8. The second kappa shape index (κ2) is 10.1. The Morgan fingerprint density at radius 1 is 1.27 bits per heavy atom. The summed E-state index contributed by atoms with van der Waals surface area (Å²) in [6.07, 6.45) is -1.67. The van der Waals surface area contributed by atoms with Crippen LogP contribution in [0.15, 0.2) is 72.0 Å². The molecule has 0 fully saturated rings. The molecule has 0 heterocycles. The van der Waals surface area contributed by atoms with Gasteiger partial charge in [0.2, 0.25) is 0 Å². The van der Waals surface area contributed by atoms with Crippen LogP contribution >= 0.6 is 11.6 Å². The van der Waals surface area contributed by atoms with Crippen molar-refractivity contribution >= 4 is 35.1 Å². The van der Waals surface area contributed by atoms with Gasteiger partial charge in [0.05, 0.1) is 11.3 Å². The topological polar surface area (TPSA) is 67.9 Å². The first kappa shape index (κ1) is 23.2. The summed E-state index contributed by atoms with van der Waals surface area (Å²) in [5.74, 6) is -0.571. The van der Waals surface area contributed by atoms with E-state index in [2.05, 4.69) is 11.6 Å². The average molecular weight is 438 g/mol. The molecule has 0 aliphatic rings. The molecule has 5 nitrogen and oxygen atoms in total. The number of nitrogens with zero attached hydrogens (tertiary/aromatic N) is 2. The highest BCUT2D eigenvalue weighted by Gasteiger charge is 2.30. The summed E-state index contributed by atoms with van der Waals surface area (Å²) in [5.41, 5.74) is 6.36. The summed E-state index contributed by atoms with van der Waals surface area (Å²) in [4.78, 5) is 17.6. The second-order valence-corrected chi connectivity index (χ2v) is 6.47. The molecule has 0 aliphatic carbocycles. The van der Waals surface area contributed by atoms with Gasteiger partial charge in [-0.05, 0) is 48.0 Å². The molecule has 2 aromatic rings. The average Bonchev–Trinajstić information content (AvgIpc) is 2.68. The summed E-state index contributed by atoms with van der Waals surface area (Å²) in [6.45, 7) is 3.42. The number of hydrogen-bond acceptors (Lipinski definition) is 4. The molecule has 0 saturated carbocycles. The molecule has 0 unspecified atom stereocenters. The molecule has 1 amide bonds. The molecule has 0 spiro atoms. The van der Waals surface area contributed by atoms with Gasteiger partial charge in [-0.25, -0.2) is 4.99 Å². The number of ether oxygens (including phenoxy) is 1. The number of carbonyl (C=O) groups is 1. The van der Waals surface area contributed by atoms with Crippen molar-refractivity contribution < 1.29 is 22.7 Å². The molecule has 0 radical (unpaired) electrons. The molecule has 0 atom stereocenters. The first-order valence-corrected chi connectivity index (χ1v) is 8.95. The Labute approximate surface area is 176 Å². The van der Waals surface area contributed by atoms with E-state index in [-0.39, 0.29) is 18.1 Å². The van der Waals surface area contributed by atoms with Crippen LogP contribution < -0.4 is 10.6 Å². The zero-order valence-electron chi connectivity index (χ0n) is 16.0. The van der Waals surface area contributed by atoms with Crippen LogP contribution in [0.3, 0.4) is 0 Å². The van der Waals surface area contributed by atoms with E-state index >= 15 is 0 Å². The molecule has 2 N–H and O–H groups in total. The number of allylic oxidation sites excluding steroid dienone is 1. The number of methoxy groups -OCH3 is 1. The van der Waals surface area contributed by atoms with E-state index in [1.807, 2.05) is 0 Å². The highest BCUT2D eigenvalue weighted by molar-refractivity contribution is 6.30. The van der Waals surface area contributed by atoms with Crippen LogP contribution in [0, 0.1) is 0 Å². The van der Waals surface area contributed by atoms with Crippen molar-refractivity contribution in [1.82, 2.24) is 0 Å². The fraction of sp³-hybridized carbons (Fsp3) is 0.143. The molecule has 0 aliphatic heterocycles. The van der Waals surface area contributed by atoms with Gasteiger partial charge in [0.15, 0.2) is 0 Å². The molecule has 0 bridgehead atoms. The van der Waals surface area contributed by atoms with Crippen molar-refractivity contribution in [3.8, 4) is 0 Å². The standard InChI is InChI=1S/C21H19ClF3N3O2/c1-14(27-11-10-19(26)15-4-3-5-17(22)12-15)28(20(29)13-30-2)18-8-6-16(7-9-18)21(23,24)25/h3-12H,1,13,26H2,2H3/b19-10-,27-11?. The molecule has 0 saturated heterocycles. The predicted octanol–water partition coefficient (Wildman–Crippen LogP) is 4.88. The number of nitrogens with two attached hydrogens (primary N) is 1. The van der Waals surface area contributed by atoms with Gasteiger partial charge in [-0.2, -0.15) is 13.2 Å². The van der Waals surface area contributed by atoms with Crippen LogP contribution in [-0.4, -0.2) is 25.8 Å². The van der Waals surface area contributed by atoms with Crippen LogP contribution in [0.1, 0.15) is 11.1 Å². The maximum atomic E-state index is 12.8. The molecular weight excluding hydrogens is 419 g/mol. The molecule has 158 valence electrons. The van der Waals surface area contributed by atoms with Crippen LogP contribution in [0.2, 0.25) is 5.02 Å². The Balaban J connectivity index is 2.26. The van der Waals surface area contributed by atoms with Crippen molar-refractivity contribution in [3.05, 3.63) is 83.2 Å². The Morgan fingerprint density at radius 2 is 1.93 bits per heavy atom. The molecule has 9 heteroatoms. The number of aliphatic imine (C=N–C) groups is 1. The number of anilines is 1. The molecule has 2 aromatic carbocycles. The van der Waals surface area contributed by atoms with Gasteiger partial charge in [-0.1, -0.05) is 30.3 Å². The lowest BCUT2D eigenvalue weighted by atomic mass is 10.1. The van der Waals surface area contributed by atoms with Gasteiger partial charge in [-0.3, -0.25) is 9.69 Å². The van der Waals surface area contributed by atoms with E-state index in [1.54, 1.807) is 24.3 Å². The maximum Gasteiger partial charge on any atom is 0.416 e. The summed E-state index contributed by atoms with van der Waals surface area (Å²) in [6, 6.07) is 10.9. The summed E-state index contributed by atoms with van der Waals surface area (Å²) >= 11 is 5.93. The number of rotatable bonds is 7. The summed E-state index contributed by atoms with van der Waals surface area (Å²) in [5, 5.41) is 0.517. The quantitative estimate of drug-likeness (QED) is 0.628. The Bertz CT molecular complexity index is 970. The van der Waals surface area contributed by atoms with E-state index < -0.39 is 17.6 Å². The van der Waals surface area contributed by atoms with E-state index in [1.165, 1.54) is 19.4 Å². The first-order chi connectivity index (χ1) is 14.1. The second-order valence-electron chi connectivity index (χ2n) is 6.03. The number of hydrogen-bond donors (Lipinski definition) is 1. The number of halogens is 4. The van der Waals surface area contributed by atoms with Gasteiger partial charge in [0.25, 0.3) is 5.91 Å². The zero-order chi connectivity index (χ0) is 22.3. The van der Waals surface area contributed by atoms with Gasteiger partial charge < -0.3 is 10.5 Å². The number of carbonyl (C=O) groups excluding carboxylic acids is 1. The SMILES string of the molecule is C=C(N=C/C=C(\N)c1cccc(Cl)c1)N(C(=O)COC)c1ccc(C(F)(F)F)cc1. The summed E-state index contributed by atoms with van der Waals surface area (Å²) < 4.78 is 43.2. The Morgan fingerprint density at radius 3 is 2.50 bits per heavy atom. The fourth-order valence-corrected chi connectivity index (χ4v) is 2.64. The Hall–Kier alpha value is -3.10. The van der Waals surface area contributed by atoms with Crippen molar-refractivity contribution in [2.24, 2.45) is 10.7 Å². The number of benzene rings is 2. The van der Waals surface area contributed by atoms with Crippen molar-refractivity contribution in [3.63, 3.8) is 0 Å². The van der Waals surface area contributed by atoms with Gasteiger partial charge in [0.1, 0.15) is 12.4 Å². The monoisotopic (exact) mass is 437 g/mol. The number of alkyl halides is 3. The highest BCUT2D eigenvalue weighted by atomic mass is 35.5.